The number of aliphatic hydroxyl groups is 1. The van der Waals surface area contributed by atoms with Gasteiger partial charge in [0, 0.05) is 0 Å². The lowest BCUT2D eigenvalue weighted by molar-refractivity contribution is 0.0628. The van der Waals surface area contributed by atoms with E-state index in [-0.39, 0.29) is 6.10 Å². The zero-order valence-corrected chi connectivity index (χ0v) is 12.7. The second kappa shape index (κ2) is 6.16. The van der Waals surface area contributed by atoms with Crippen LogP contribution in [0.15, 0.2) is 0 Å². The standard InChI is InChI=1S/C18H32O/c1-13-8-11-17(19)12-16(13)10-9-15-5-2-4-14-6-3-7-18(14)15/h13-19H,2-12H2,1H3. The molecule has 0 radical (unpaired) electrons. The number of hydrogen-bond acceptors (Lipinski definition) is 1. The Balaban J connectivity index is 1.50. The molecule has 0 bridgehead atoms. The molecule has 1 nitrogen and oxygen atoms in total. The third kappa shape index (κ3) is 3.17. The zero-order chi connectivity index (χ0) is 13.2. The van der Waals surface area contributed by atoms with Gasteiger partial charge in [-0.15, -0.1) is 0 Å². The summed E-state index contributed by atoms with van der Waals surface area (Å²) in [6.07, 6.45) is 15.3. The van der Waals surface area contributed by atoms with Crippen molar-refractivity contribution < 1.29 is 5.11 Å². The van der Waals surface area contributed by atoms with Crippen molar-refractivity contribution in [1.82, 2.24) is 0 Å². The number of rotatable bonds is 3. The summed E-state index contributed by atoms with van der Waals surface area (Å²) in [7, 11) is 0. The van der Waals surface area contributed by atoms with Crippen LogP contribution >= 0.6 is 0 Å². The summed E-state index contributed by atoms with van der Waals surface area (Å²) in [5.41, 5.74) is 0. The van der Waals surface area contributed by atoms with Crippen LogP contribution in [0.2, 0.25) is 0 Å². The first kappa shape index (κ1) is 13.9. The van der Waals surface area contributed by atoms with Gasteiger partial charge in [-0.05, 0) is 68.1 Å². The van der Waals surface area contributed by atoms with Crippen LogP contribution in [0.3, 0.4) is 0 Å². The van der Waals surface area contributed by atoms with Crippen molar-refractivity contribution in [1.29, 1.82) is 0 Å². The Morgan fingerprint density at radius 1 is 0.842 bits per heavy atom. The number of hydrogen-bond donors (Lipinski definition) is 1. The highest BCUT2D eigenvalue weighted by Gasteiger charge is 2.37. The Morgan fingerprint density at radius 2 is 1.58 bits per heavy atom. The van der Waals surface area contributed by atoms with E-state index < -0.39 is 0 Å². The van der Waals surface area contributed by atoms with E-state index in [1.807, 2.05) is 0 Å². The average molecular weight is 264 g/mol. The summed E-state index contributed by atoms with van der Waals surface area (Å²) in [6, 6.07) is 0. The maximum absolute atomic E-state index is 9.88. The summed E-state index contributed by atoms with van der Waals surface area (Å²) in [5.74, 6) is 4.87. The van der Waals surface area contributed by atoms with Crippen LogP contribution < -0.4 is 0 Å². The molecule has 110 valence electrons. The molecule has 3 saturated carbocycles. The van der Waals surface area contributed by atoms with E-state index in [9.17, 15) is 5.11 Å². The second-order valence-corrected chi connectivity index (χ2v) is 7.83. The molecule has 3 aliphatic rings. The van der Waals surface area contributed by atoms with Crippen LogP contribution in [0.25, 0.3) is 0 Å². The van der Waals surface area contributed by atoms with Gasteiger partial charge >= 0.3 is 0 Å². The molecule has 0 heterocycles. The maximum Gasteiger partial charge on any atom is 0.0543 e. The highest BCUT2D eigenvalue weighted by molar-refractivity contribution is 4.88. The molecule has 1 N–H and O–H groups in total. The van der Waals surface area contributed by atoms with Crippen LogP contribution in [-0.2, 0) is 0 Å². The van der Waals surface area contributed by atoms with Crippen LogP contribution in [0, 0.1) is 29.6 Å². The van der Waals surface area contributed by atoms with Crippen LogP contribution in [0.4, 0.5) is 0 Å². The first-order valence-electron chi connectivity index (χ1n) is 8.92. The SMILES string of the molecule is CC1CCC(O)CC1CCC1CCCC2CCCC21. The Morgan fingerprint density at radius 3 is 2.42 bits per heavy atom. The van der Waals surface area contributed by atoms with E-state index in [0.29, 0.717) is 0 Å². The van der Waals surface area contributed by atoms with Crippen LogP contribution in [-0.4, -0.2) is 11.2 Å². The van der Waals surface area contributed by atoms with Gasteiger partial charge in [-0.3, -0.25) is 0 Å². The van der Waals surface area contributed by atoms with Gasteiger partial charge in [0.05, 0.1) is 6.10 Å². The molecule has 0 amide bonds. The Hall–Kier alpha value is -0.0400. The summed E-state index contributed by atoms with van der Waals surface area (Å²) in [6.45, 7) is 2.41. The van der Waals surface area contributed by atoms with Gasteiger partial charge in [-0.2, -0.15) is 0 Å². The lowest BCUT2D eigenvalue weighted by Gasteiger charge is -2.37. The minimum atomic E-state index is 0.00628. The Kier molecular flexibility index (Phi) is 4.51. The van der Waals surface area contributed by atoms with Gasteiger partial charge in [-0.25, -0.2) is 0 Å². The van der Waals surface area contributed by atoms with Gasteiger partial charge in [0.15, 0.2) is 0 Å². The van der Waals surface area contributed by atoms with Crippen LogP contribution in [0.1, 0.15) is 77.6 Å². The first-order chi connectivity index (χ1) is 9.24. The third-order valence-corrected chi connectivity index (χ3v) is 6.72. The molecule has 3 fully saturated rings. The van der Waals surface area contributed by atoms with E-state index in [0.717, 1.165) is 42.4 Å². The Labute approximate surface area is 119 Å². The molecule has 0 aromatic carbocycles. The summed E-state index contributed by atoms with van der Waals surface area (Å²) >= 11 is 0. The molecule has 19 heavy (non-hydrogen) atoms. The molecule has 3 rings (SSSR count). The van der Waals surface area contributed by atoms with E-state index in [1.165, 1.54) is 57.8 Å². The van der Waals surface area contributed by atoms with Crippen molar-refractivity contribution in [3.63, 3.8) is 0 Å². The van der Waals surface area contributed by atoms with Crippen LogP contribution in [0.5, 0.6) is 0 Å². The molecule has 6 atom stereocenters. The molecule has 0 aromatic rings. The van der Waals surface area contributed by atoms with E-state index in [4.69, 9.17) is 0 Å². The minimum Gasteiger partial charge on any atom is -0.393 e. The molecule has 6 unspecified atom stereocenters. The normalized spacial score (nSPS) is 47.1. The second-order valence-electron chi connectivity index (χ2n) is 7.83. The summed E-state index contributed by atoms with van der Waals surface area (Å²) in [4.78, 5) is 0. The van der Waals surface area contributed by atoms with E-state index in [1.54, 1.807) is 0 Å². The lowest BCUT2D eigenvalue weighted by atomic mass is 9.69. The minimum absolute atomic E-state index is 0.00628. The maximum atomic E-state index is 9.88. The zero-order valence-electron chi connectivity index (χ0n) is 12.7. The van der Waals surface area contributed by atoms with E-state index >= 15 is 0 Å². The fraction of sp³-hybridized carbons (Fsp3) is 1.00. The van der Waals surface area contributed by atoms with Crippen molar-refractivity contribution in [3.8, 4) is 0 Å². The van der Waals surface area contributed by atoms with Crippen molar-refractivity contribution >= 4 is 0 Å². The topological polar surface area (TPSA) is 20.2 Å². The molecule has 0 aliphatic heterocycles. The van der Waals surface area contributed by atoms with Crippen molar-refractivity contribution in [2.24, 2.45) is 29.6 Å². The van der Waals surface area contributed by atoms with Gasteiger partial charge in [-0.1, -0.05) is 39.0 Å². The van der Waals surface area contributed by atoms with Crippen molar-refractivity contribution in [2.45, 2.75) is 83.7 Å². The molecular weight excluding hydrogens is 232 g/mol. The molecule has 0 aromatic heterocycles. The van der Waals surface area contributed by atoms with Gasteiger partial charge in [0.2, 0.25) is 0 Å². The predicted octanol–water partition coefficient (Wildman–Crippen LogP) is 4.78. The lowest BCUT2D eigenvalue weighted by Crippen LogP contribution is -2.29. The molecule has 0 spiro atoms. The quantitative estimate of drug-likeness (QED) is 0.777. The number of aliphatic hydroxyl groups excluding tert-OH is 1. The fourth-order valence-electron chi connectivity index (χ4n) is 5.48. The molecule has 3 aliphatic carbocycles. The molecule has 1 heteroatoms. The third-order valence-electron chi connectivity index (χ3n) is 6.72. The molecular formula is C18H32O. The summed E-state index contributed by atoms with van der Waals surface area (Å²) in [5, 5.41) is 9.88. The molecule has 0 saturated heterocycles. The smallest absolute Gasteiger partial charge is 0.0543 e. The summed E-state index contributed by atoms with van der Waals surface area (Å²) < 4.78 is 0. The highest BCUT2D eigenvalue weighted by Crippen LogP contribution is 2.47. The predicted molar refractivity (Wildman–Crippen MR) is 79.9 cm³/mol. The first-order valence-corrected chi connectivity index (χ1v) is 8.92. The monoisotopic (exact) mass is 264 g/mol. The van der Waals surface area contributed by atoms with Crippen molar-refractivity contribution in [2.75, 3.05) is 0 Å². The van der Waals surface area contributed by atoms with Crippen molar-refractivity contribution in [3.05, 3.63) is 0 Å². The average Bonchev–Trinajstić information content (AvgIpc) is 2.88. The van der Waals surface area contributed by atoms with Gasteiger partial charge < -0.3 is 5.11 Å². The highest BCUT2D eigenvalue weighted by atomic mass is 16.3. The fourth-order valence-corrected chi connectivity index (χ4v) is 5.48. The van der Waals surface area contributed by atoms with Gasteiger partial charge in [0.1, 0.15) is 0 Å². The van der Waals surface area contributed by atoms with E-state index in [2.05, 4.69) is 6.92 Å². The largest absolute Gasteiger partial charge is 0.393 e. The number of fused-ring (bicyclic) bond motifs is 1. The van der Waals surface area contributed by atoms with Gasteiger partial charge in [0.25, 0.3) is 0 Å². The Bertz CT molecular complexity index is 287.